The molecule has 2 aliphatic rings. The quantitative estimate of drug-likeness (QED) is 0.679. The van der Waals surface area contributed by atoms with Crippen LogP contribution in [-0.2, 0) is 6.54 Å². The van der Waals surface area contributed by atoms with Crippen molar-refractivity contribution < 1.29 is 0 Å². The lowest BCUT2D eigenvalue weighted by Crippen LogP contribution is -2.44. The molecule has 2 aromatic heterocycles. The molecular weight excluding hydrogens is 324 g/mol. The van der Waals surface area contributed by atoms with E-state index in [1.54, 1.807) is 0 Å². The average Bonchev–Trinajstić information content (AvgIpc) is 3.30. The molecule has 0 spiro atoms. The zero-order valence-corrected chi connectivity index (χ0v) is 16.0. The third-order valence-electron chi connectivity index (χ3n) is 5.67. The number of aryl methyl sites for hydroxylation is 1. The Labute approximate surface area is 155 Å². The van der Waals surface area contributed by atoms with Gasteiger partial charge in [0.2, 0.25) is 0 Å². The van der Waals surface area contributed by atoms with Crippen molar-refractivity contribution in [2.24, 2.45) is 4.99 Å². The first-order valence-corrected chi connectivity index (χ1v) is 9.87. The van der Waals surface area contributed by atoms with Gasteiger partial charge in [0, 0.05) is 38.6 Å². The van der Waals surface area contributed by atoms with Crippen molar-refractivity contribution in [1.82, 2.24) is 24.5 Å². The number of rotatable bonds is 3. The molecular formula is C20H30N6. The van der Waals surface area contributed by atoms with Crippen molar-refractivity contribution in [2.45, 2.75) is 45.2 Å². The monoisotopic (exact) mass is 354 g/mol. The standard InChI is InChI=1S/C20H30N6/c1-16-6-10-25-14-17(23-19(25)12-16)13-22-20(21-2)26-11-7-18(15-26)24-8-4-3-5-9-24/h6,10,12,14,18H,3-5,7-9,11,13,15H2,1-2H3,(H,21,22). The van der Waals surface area contributed by atoms with Gasteiger partial charge in [-0.15, -0.1) is 0 Å². The summed E-state index contributed by atoms with van der Waals surface area (Å²) in [5, 5.41) is 3.51. The summed E-state index contributed by atoms with van der Waals surface area (Å²) in [4.78, 5) is 14.3. The number of aromatic nitrogens is 2. The maximum Gasteiger partial charge on any atom is 0.194 e. The van der Waals surface area contributed by atoms with Gasteiger partial charge in [0.15, 0.2) is 5.96 Å². The number of hydrogen-bond acceptors (Lipinski definition) is 3. The van der Waals surface area contributed by atoms with E-state index in [0.29, 0.717) is 12.6 Å². The van der Waals surface area contributed by atoms with Crippen LogP contribution in [-0.4, -0.2) is 64.4 Å². The number of fused-ring (bicyclic) bond motifs is 1. The second kappa shape index (κ2) is 7.66. The highest BCUT2D eigenvalue weighted by atomic mass is 15.3. The zero-order chi connectivity index (χ0) is 17.9. The Morgan fingerprint density at radius 1 is 1.27 bits per heavy atom. The first-order valence-electron chi connectivity index (χ1n) is 9.87. The number of imidazole rings is 1. The lowest BCUT2D eigenvalue weighted by Gasteiger charge is -2.32. The molecule has 2 fully saturated rings. The van der Waals surface area contributed by atoms with Crippen LogP contribution >= 0.6 is 0 Å². The molecule has 2 aromatic rings. The average molecular weight is 355 g/mol. The van der Waals surface area contributed by atoms with Crippen LogP contribution in [0.15, 0.2) is 29.5 Å². The molecule has 26 heavy (non-hydrogen) atoms. The maximum atomic E-state index is 4.71. The Morgan fingerprint density at radius 2 is 2.12 bits per heavy atom. The van der Waals surface area contributed by atoms with Gasteiger partial charge in [-0.05, 0) is 57.0 Å². The highest BCUT2D eigenvalue weighted by molar-refractivity contribution is 5.80. The number of likely N-dealkylation sites (tertiary alicyclic amines) is 2. The highest BCUT2D eigenvalue weighted by Gasteiger charge is 2.29. The van der Waals surface area contributed by atoms with Crippen LogP contribution in [0.2, 0.25) is 0 Å². The van der Waals surface area contributed by atoms with E-state index < -0.39 is 0 Å². The summed E-state index contributed by atoms with van der Waals surface area (Å²) in [7, 11) is 1.88. The van der Waals surface area contributed by atoms with E-state index in [1.807, 2.05) is 7.05 Å². The zero-order valence-electron chi connectivity index (χ0n) is 16.0. The predicted molar refractivity (Wildman–Crippen MR) is 106 cm³/mol. The topological polar surface area (TPSA) is 48.2 Å². The van der Waals surface area contributed by atoms with Gasteiger partial charge in [0.1, 0.15) is 5.65 Å². The van der Waals surface area contributed by atoms with Gasteiger partial charge in [-0.1, -0.05) is 6.42 Å². The van der Waals surface area contributed by atoms with E-state index in [4.69, 9.17) is 4.98 Å². The van der Waals surface area contributed by atoms with Crippen LogP contribution < -0.4 is 5.32 Å². The summed E-state index contributed by atoms with van der Waals surface area (Å²) in [5.74, 6) is 0.998. The number of nitrogens with zero attached hydrogens (tertiary/aromatic N) is 5. The van der Waals surface area contributed by atoms with Gasteiger partial charge in [-0.3, -0.25) is 9.89 Å². The lowest BCUT2D eigenvalue weighted by atomic mass is 10.1. The van der Waals surface area contributed by atoms with Crippen LogP contribution in [0.25, 0.3) is 5.65 Å². The van der Waals surface area contributed by atoms with Gasteiger partial charge >= 0.3 is 0 Å². The van der Waals surface area contributed by atoms with Crippen LogP contribution in [0.4, 0.5) is 0 Å². The van der Waals surface area contributed by atoms with Crippen molar-refractivity contribution in [2.75, 3.05) is 33.2 Å². The number of guanidine groups is 1. The lowest BCUT2D eigenvalue weighted by molar-refractivity contribution is 0.168. The Balaban J connectivity index is 1.35. The molecule has 0 bridgehead atoms. The third kappa shape index (κ3) is 3.70. The SMILES string of the molecule is CN=C(NCc1cn2ccc(C)cc2n1)N1CCC(N2CCCCC2)C1. The fourth-order valence-corrected chi connectivity index (χ4v) is 4.24. The van der Waals surface area contributed by atoms with Crippen LogP contribution in [0, 0.1) is 6.92 Å². The second-order valence-corrected chi connectivity index (χ2v) is 7.59. The van der Waals surface area contributed by atoms with Crippen LogP contribution in [0.1, 0.15) is 36.9 Å². The van der Waals surface area contributed by atoms with Gasteiger partial charge in [0.05, 0.1) is 12.2 Å². The minimum Gasteiger partial charge on any atom is -0.351 e. The first kappa shape index (κ1) is 17.3. The highest BCUT2D eigenvalue weighted by Crippen LogP contribution is 2.20. The molecule has 2 saturated heterocycles. The second-order valence-electron chi connectivity index (χ2n) is 7.59. The summed E-state index contributed by atoms with van der Waals surface area (Å²) in [6.07, 6.45) is 9.52. The van der Waals surface area contributed by atoms with E-state index >= 15 is 0 Å². The molecule has 0 saturated carbocycles. The molecule has 1 unspecified atom stereocenters. The van der Waals surface area contributed by atoms with E-state index in [1.165, 1.54) is 44.3 Å². The van der Waals surface area contributed by atoms with E-state index in [-0.39, 0.29) is 0 Å². The van der Waals surface area contributed by atoms with Crippen molar-refractivity contribution in [1.29, 1.82) is 0 Å². The van der Waals surface area contributed by atoms with Gasteiger partial charge in [-0.2, -0.15) is 0 Å². The third-order valence-corrected chi connectivity index (χ3v) is 5.67. The molecule has 4 rings (SSSR count). The molecule has 6 heteroatoms. The Kier molecular flexibility index (Phi) is 5.11. The Bertz CT molecular complexity index is 774. The van der Waals surface area contributed by atoms with E-state index in [2.05, 4.69) is 56.0 Å². The first-order chi connectivity index (χ1) is 12.7. The number of hydrogen-bond donors (Lipinski definition) is 1. The fraction of sp³-hybridized carbons (Fsp3) is 0.600. The smallest absolute Gasteiger partial charge is 0.194 e. The summed E-state index contributed by atoms with van der Waals surface area (Å²) in [5.41, 5.74) is 3.28. The van der Waals surface area contributed by atoms with Crippen molar-refractivity contribution in [3.05, 3.63) is 35.8 Å². The van der Waals surface area contributed by atoms with Gasteiger partial charge in [-0.25, -0.2) is 4.98 Å². The Morgan fingerprint density at radius 3 is 2.92 bits per heavy atom. The molecule has 0 radical (unpaired) electrons. The van der Waals surface area contributed by atoms with Crippen molar-refractivity contribution in [3.8, 4) is 0 Å². The number of nitrogens with one attached hydrogen (secondary N) is 1. The molecule has 1 N–H and O–H groups in total. The van der Waals surface area contributed by atoms with Crippen molar-refractivity contribution >= 4 is 11.6 Å². The minimum atomic E-state index is 0.687. The maximum absolute atomic E-state index is 4.71. The molecule has 140 valence electrons. The van der Waals surface area contributed by atoms with Crippen LogP contribution in [0.5, 0.6) is 0 Å². The minimum absolute atomic E-state index is 0.687. The van der Waals surface area contributed by atoms with Gasteiger partial charge in [0.25, 0.3) is 0 Å². The number of piperidine rings is 1. The van der Waals surface area contributed by atoms with E-state index in [0.717, 1.165) is 30.4 Å². The molecule has 6 nitrogen and oxygen atoms in total. The molecule has 4 heterocycles. The van der Waals surface area contributed by atoms with Gasteiger partial charge < -0.3 is 14.6 Å². The molecule has 1 atom stereocenters. The van der Waals surface area contributed by atoms with Crippen LogP contribution in [0.3, 0.4) is 0 Å². The molecule has 2 aliphatic heterocycles. The molecule has 0 amide bonds. The molecule has 0 aliphatic carbocycles. The van der Waals surface area contributed by atoms with E-state index in [9.17, 15) is 0 Å². The summed E-state index contributed by atoms with van der Waals surface area (Å²) >= 11 is 0. The summed E-state index contributed by atoms with van der Waals surface area (Å²) < 4.78 is 2.08. The Hall–Kier alpha value is -2.08. The fourth-order valence-electron chi connectivity index (χ4n) is 4.24. The summed E-state index contributed by atoms with van der Waals surface area (Å²) in [6, 6.07) is 4.91. The van der Waals surface area contributed by atoms with Crippen molar-refractivity contribution in [3.63, 3.8) is 0 Å². The normalized spacial score (nSPS) is 22.3. The number of aliphatic imine (C=N–C) groups is 1. The number of pyridine rings is 1. The largest absolute Gasteiger partial charge is 0.351 e. The summed E-state index contributed by atoms with van der Waals surface area (Å²) in [6.45, 7) is 7.52. The molecule has 0 aromatic carbocycles. The predicted octanol–water partition coefficient (Wildman–Crippen LogP) is 2.28.